The fraction of sp³-hybridized carbons (Fsp3) is 0.455. The SMILES string of the molecule is CC(=O)c1nn(CC(=O)OC(C)(C)C)c2ccc(-c3cnc4n3CCCC4)cc12. The van der Waals surface area contributed by atoms with Crippen molar-refractivity contribution in [2.75, 3.05) is 0 Å². The van der Waals surface area contributed by atoms with E-state index in [1.54, 1.807) is 4.68 Å². The number of fused-ring (bicyclic) bond motifs is 2. The standard InChI is InChI=1S/C22H26N4O3/c1-14(27)21-16-11-15(18-12-23-19-7-5-6-10-25(18)19)8-9-17(16)26(24-21)13-20(28)29-22(2,3)4/h8-9,11-12H,5-7,10,13H2,1-4H3. The van der Waals surface area contributed by atoms with Gasteiger partial charge in [0.15, 0.2) is 5.78 Å². The highest BCUT2D eigenvalue weighted by atomic mass is 16.6. The number of benzene rings is 1. The molecule has 0 amide bonds. The zero-order valence-corrected chi connectivity index (χ0v) is 17.4. The Morgan fingerprint density at radius 3 is 2.72 bits per heavy atom. The summed E-state index contributed by atoms with van der Waals surface area (Å²) in [6.07, 6.45) is 5.21. The van der Waals surface area contributed by atoms with Crippen LogP contribution >= 0.6 is 0 Å². The number of rotatable bonds is 4. The Bertz CT molecular complexity index is 1100. The third-order valence-corrected chi connectivity index (χ3v) is 5.05. The van der Waals surface area contributed by atoms with Crippen LogP contribution in [-0.2, 0) is 29.0 Å². The molecule has 7 heteroatoms. The van der Waals surface area contributed by atoms with Gasteiger partial charge in [-0.05, 0) is 45.7 Å². The van der Waals surface area contributed by atoms with Crippen LogP contribution in [0.5, 0.6) is 0 Å². The van der Waals surface area contributed by atoms with Crippen molar-refractivity contribution < 1.29 is 14.3 Å². The minimum atomic E-state index is -0.572. The number of Topliss-reactive ketones (excluding diaryl/α,β-unsaturated/α-hetero) is 1. The summed E-state index contributed by atoms with van der Waals surface area (Å²) in [6.45, 7) is 7.89. The normalized spacial score (nSPS) is 14.1. The maximum atomic E-state index is 12.3. The summed E-state index contributed by atoms with van der Waals surface area (Å²) in [5.41, 5.74) is 2.58. The van der Waals surface area contributed by atoms with Crippen molar-refractivity contribution >= 4 is 22.7 Å². The second-order valence-electron chi connectivity index (χ2n) is 8.55. The molecule has 7 nitrogen and oxygen atoms in total. The Morgan fingerprint density at radius 1 is 1.21 bits per heavy atom. The molecule has 1 aromatic carbocycles. The van der Waals surface area contributed by atoms with Gasteiger partial charge in [0.05, 0.1) is 17.4 Å². The lowest BCUT2D eigenvalue weighted by Crippen LogP contribution is -2.26. The van der Waals surface area contributed by atoms with Crippen molar-refractivity contribution in [1.29, 1.82) is 0 Å². The molecule has 29 heavy (non-hydrogen) atoms. The summed E-state index contributed by atoms with van der Waals surface area (Å²) >= 11 is 0. The van der Waals surface area contributed by atoms with E-state index in [9.17, 15) is 9.59 Å². The molecule has 3 heterocycles. The lowest BCUT2D eigenvalue weighted by molar-refractivity contribution is -0.155. The van der Waals surface area contributed by atoms with Gasteiger partial charge in [-0.25, -0.2) is 4.98 Å². The number of nitrogens with zero attached hydrogens (tertiary/aromatic N) is 4. The molecule has 1 aliphatic heterocycles. The highest BCUT2D eigenvalue weighted by Gasteiger charge is 2.22. The topological polar surface area (TPSA) is 79.0 Å². The molecule has 0 spiro atoms. The molecular formula is C22H26N4O3. The van der Waals surface area contributed by atoms with Crippen LogP contribution in [-0.4, -0.2) is 36.7 Å². The summed E-state index contributed by atoms with van der Waals surface area (Å²) in [6, 6.07) is 5.89. The lowest BCUT2D eigenvalue weighted by Gasteiger charge is -2.19. The van der Waals surface area contributed by atoms with Crippen molar-refractivity contribution in [3.8, 4) is 11.3 Å². The summed E-state index contributed by atoms with van der Waals surface area (Å²) in [4.78, 5) is 29.1. The van der Waals surface area contributed by atoms with Gasteiger partial charge in [0, 0.05) is 30.8 Å². The molecular weight excluding hydrogens is 368 g/mol. The van der Waals surface area contributed by atoms with Crippen LogP contribution < -0.4 is 0 Å². The molecule has 0 unspecified atom stereocenters. The predicted octanol–water partition coefficient (Wildman–Crippen LogP) is 3.78. The summed E-state index contributed by atoms with van der Waals surface area (Å²) < 4.78 is 9.21. The number of imidazole rings is 1. The predicted molar refractivity (Wildman–Crippen MR) is 110 cm³/mol. The van der Waals surface area contributed by atoms with Crippen LogP contribution in [0.1, 0.15) is 56.8 Å². The van der Waals surface area contributed by atoms with Gasteiger partial charge < -0.3 is 9.30 Å². The first-order chi connectivity index (χ1) is 13.7. The zero-order valence-electron chi connectivity index (χ0n) is 17.4. The number of ether oxygens (including phenoxy) is 1. The van der Waals surface area contributed by atoms with Crippen LogP contribution in [0.4, 0.5) is 0 Å². The van der Waals surface area contributed by atoms with Crippen LogP contribution in [0.15, 0.2) is 24.4 Å². The highest BCUT2D eigenvalue weighted by Crippen LogP contribution is 2.29. The average molecular weight is 394 g/mol. The number of esters is 1. The fourth-order valence-corrected chi connectivity index (χ4v) is 3.86. The fourth-order valence-electron chi connectivity index (χ4n) is 3.86. The van der Waals surface area contributed by atoms with Crippen LogP contribution in [0.2, 0.25) is 0 Å². The molecule has 0 saturated carbocycles. The van der Waals surface area contributed by atoms with Crippen LogP contribution in [0.25, 0.3) is 22.2 Å². The second kappa shape index (κ2) is 7.13. The van der Waals surface area contributed by atoms with E-state index >= 15 is 0 Å². The van der Waals surface area contributed by atoms with Gasteiger partial charge in [0.25, 0.3) is 0 Å². The van der Waals surface area contributed by atoms with E-state index in [4.69, 9.17) is 4.74 Å². The molecule has 0 bridgehead atoms. The maximum Gasteiger partial charge on any atom is 0.328 e. The van der Waals surface area contributed by atoms with E-state index in [0.717, 1.165) is 47.4 Å². The number of aryl methyl sites for hydroxylation is 1. The minimum absolute atomic E-state index is 0.0392. The molecule has 0 atom stereocenters. The Labute approximate surface area is 169 Å². The van der Waals surface area contributed by atoms with Crippen molar-refractivity contribution in [2.24, 2.45) is 0 Å². The lowest BCUT2D eigenvalue weighted by atomic mass is 10.1. The quantitative estimate of drug-likeness (QED) is 0.497. The molecule has 0 fully saturated rings. The van der Waals surface area contributed by atoms with Gasteiger partial charge in [-0.3, -0.25) is 14.3 Å². The molecule has 3 aromatic rings. The third kappa shape index (κ3) is 3.81. The molecule has 4 rings (SSSR count). The van der Waals surface area contributed by atoms with Crippen molar-refractivity contribution in [1.82, 2.24) is 19.3 Å². The monoisotopic (exact) mass is 394 g/mol. The smallest absolute Gasteiger partial charge is 0.328 e. The molecule has 1 aliphatic rings. The minimum Gasteiger partial charge on any atom is -0.459 e. The molecule has 2 aromatic heterocycles. The van der Waals surface area contributed by atoms with E-state index in [2.05, 4.69) is 14.6 Å². The van der Waals surface area contributed by atoms with E-state index in [1.165, 1.54) is 13.3 Å². The first-order valence-corrected chi connectivity index (χ1v) is 10.0. The first-order valence-electron chi connectivity index (χ1n) is 10.0. The number of hydrogen-bond donors (Lipinski definition) is 0. The van der Waals surface area contributed by atoms with Gasteiger partial charge in [0.2, 0.25) is 0 Å². The number of aromatic nitrogens is 4. The van der Waals surface area contributed by atoms with Gasteiger partial charge in [-0.15, -0.1) is 0 Å². The molecule has 0 saturated heterocycles. The largest absolute Gasteiger partial charge is 0.459 e. The maximum absolute atomic E-state index is 12.3. The Kier molecular flexibility index (Phi) is 4.76. The van der Waals surface area contributed by atoms with E-state index in [-0.39, 0.29) is 18.3 Å². The molecule has 0 aliphatic carbocycles. The van der Waals surface area contributed by atoms with E-state index in [0.29, 0.717) is 5.69 Å². The Morgan fingerprint density at radius 2 is 2.00 bits per heavy atom. The zero-order chi connectivity index (χ0) is 20.8. The Balaban J connectivity index is 1.75. The Hall–Kier alpha value is -2.96. The third-order valence-electron chi connectivity index (χ3n) is 5.05. The van der Waals surface area contributed by atoms with Gasteiger partial charge in [-0.2, -0.15) is 5.10 Å². The summed E-state index contributed by atoms with van der Waals surface area (Å²) in [5, 5.41) is 5.15. The summed E-state index contributed by atoms with van der Waals surface area (Å²) in [7, 11) is 0. The number of carbonyl (C=O) groups is 2. The van der Waals surface area contributed by atoms with Crippen molar-refractivity contribution in [3.05, 3.63) is 35.9 Å². The van der Waals surface area contributed by atoms with Crippen molar-refractivity contribution in [3.63, 3.8) is 0 Å². The number of carbonyl (C=O) groups excluding carboxylic acids is 2. The van der Waals surface area contributed by atoms with Gasteiger partial charge in [0.1, 0.15) is 23.7 Å². The van der Waals surface area contributed by atoms with E-state index in [1.807, 2.05) is 45.2 Å². The highest BCUT2D eigenvalue weighted by molar-refractivity contribution is 6.06. The van der Waals surface area contributed by atoms with Crippen LogP contribution in [0, 0.1) is 0 Å². The van der Waals surface area contributed by atoms with E-state index < -0.39 is 5.60 Å². The van der Waals surface area contributed by atoms with Crippen LogP contribution in [0.3, 0.4) is 0 Å². The second-order valence-corrected chi connectivity index (χ2v) is 8.55. The number of hydrogen-bond acceptors (Lipinski definition) is 5. The average Bonchev–Trinajstić information content (AvgIpc) is 3.21. The first kappa shape index (κ1) is 19.4. The number of ketones is 1. The van der Waals surface area contributed by atoms with Gasteiger partial charge in [-0.1, -0.05) is 6.07 Å². The molecule has 0 radical (unpaired) electrons. The van der Waals surface area contributed by atoms with Gasteiger partial charge >= 0.3 is 5.97 Å². The molecule has 152 valence electrons. The molecule has 0 N–H and O–H groups in total. The summed E-state index contributed by atoms with van der Waals surface area (Å²) in [5.74, 6) is 0.593. The van der Waals surface area contributed by atoms with Crippen molar-refractivity contribution in [2.45, 2.75) is 65.6 Å².